The summed E-state index contributed by atoms with van der Waals surface area (Å²) >= 11 is 2.94. The highest BCUT2D eigenvalue weighted by Crippen LogP contribution is 2.39. The maximum absolute atomic E-state index is 13.0. The van der Waals surface area contributed by atoms with Crippen LogP contribution in [-0.2, 0) is 28.7 Å². The summed E-state index contributed by atoms with van der Waals surface area (Å²) in [4.78, 5) is 43.4. The van der Waals surface area contributed by atoms with E-state index in [4.69, 9.17) is 20.0 Å². The largest absolute Gasteiger partial charge is 0.462 e. The lowest BCUT2D eigenvalue weighted by atomic mass is 9.95. The van der Waals surface area contributed by atoms with Crippen molar-refractivity contribution in [3.05, 3.63) is 0 Å². The summed E-state index contributed by atoms with van der Waals surface area (Å²) in [7, 11) is 0. The van der Waals surface area contributed by atoms with Gasteiger partial charge < -0.3 is 15.2 Å². The number of hydrogen-bond donors (Lipinski definition) is 2. The number of unbranched alkanes of at least 4 members (excludes halogenated alkanes) is 1. The Hall–Kier alpha value is -0.970. The SMILES string of the molecule is CCCCC(=O)O[C@H]1CCC[C@H](ONC(=O)[C@@](N)(C(=O)OC(C)(C)C)C2SCCS2)C1. The van der Waals surface area contributed by atoms with E-state index in [9.17, 15) is 14.4 Å². The highest BCUT2D eigenvalue weighted by molar-refractivity contribution is 8.20. The predicted molar refractivity (Wildman–Crippen MR) is 122 cm³/mol. The number of carbonyl (C=O) groups is 3. The third kappa shape index (κ3) is 7.83. The van der Waals surface area contributed by atoms with Gasteiger partial charge in [0, 0.05) is 24.3 Å². The first-order valence-electron chi connectivity index (χ1n) is 11.0. The van der Waals surface area contributed by atoms with Crippen LogP contribution in [0, 0.1) is 0 Å². The van der Waals surface area contributed by atoms with Crippen LogP contribution in [0.3, 0.4) is 0 Å². The average Bonchev–Trinajstić information content (AvgIpc) is 3.24. The molecule has 2 aliphatic rings. The van der Waals surface area contributed by atoms with Crippen molar-refractivity contribution >= 4 is 41.4 Å². The summed E-state index contributed by atoms with van der Waals surface area (Å²) in [5, 5.41) is 0. The first kappa shape index (κ1) is 26.3. The van der Waals surface area contributed by atoms with Crippen LogP contribution in [-0.4, -0.2) is 57.3 Å². The predicted octanol–water partition coefficient (Wildman–Crippen LogP) is 2.92. The molecule has 1 heterocycles. The Morgan fingerprint density at radius 2 is 1.74 bits per heavy atom. The molecule has 0 radical (unpaired) electrons. The lowest BCUT2D eigenvalue weighted by Gasteiger charge is -2.34. The zero-order valence-corrected chi connectivity index (χ0v) is 20.6. The van der Waals surface area contributed by atoms with Gasteiger partial charge in [0.05, 0.1) is 10.7 Å². The monoisotopic (exact) mass is 476 g/mol. The molecule has 1 amide bonds. The first-order valence-corrected chi connectivity index (χ1v) is 13.1. The van der Waals surface area contributed by atoms with Gasteiger partial charge in [0.15, 0.2) is 0 Å². The molecule has 1 saturated carbocycles. The molecule has 0 aromatic carbocycles. The zero-order valence-electron chi connectivity index (χ0n) is 18.9. The molecule has 0 aromatic heterocycles. The summed E-state index contributed by atoms with van der Waals surface area (Å²) in [6.07, 6.45) is 4.44. The van der Waals surface area contributed by atoms with Gasteiger partial charge in [-0.15, -0.1) is 23.5 Å². The topological polar surface area (TPSA) is 117 Å². The number of esters is 2. The maximum atomic E-state index is 13.0. The Morgan fingerprint density at radius 1 is 1.10 bits per heavy atom. The Morgan fingerprint density at radius 3 is 2.35 bits per heavy atom. The average molecular weight is 477 g/mol. The quantitative estimate of drug-likeness (QED) is 0.294. The molecule has 2 fully saturated rings. The van der Waals surface area contributed by atoms with E-state index in [0.717, 1.165) is 43.6 Å². The van der Waals surface area contributed by atoms with Gasteiger partial charge >= 0.3 is 11.9 Å². The molecule has 0 bridgehead atoms. The van der Waals surface area contributed by atoms with Crippen LogP contribution in [0.1, 0.15) is 72.6 Å². The Kier molecular flexibility index (Phi) is 9.98. The fourth-order valence-corrected chi connectivity index (χ4v) is 6.48. The Bertz CT molecular complexity index is 636. The van der Waals surface area contributed by atoms with Crippen molar-refractivity contribution in [1.82, 2.24) is 5.48 Å². The van der Waals surface area contributed by atoms with Crippen molar-refractivity contribution in [3.8, 4) is 0 Å². The molecule has 31 heavy (non-hydrogen) atoms. The number of rotatable bonds is 9. The number of thioether (sulfide) groups is 2. The van der Waals surface area contributed by atoms with Gasteiger partial charge in [-0.3, -0.25) is 14.4 Å². The summed E-state index contributed by atoms with van der Waals surface area (Å²) in [6.45, 7) is 7.23. The van der Waals surface area contributed by atoms with E-state index >= 15 is 0 Å². The fourth-order valence-electron chi connectivity index (χ4n) is 3.38. The third-order valence-electron chi connectivity index (χ3n) is 5.03. The number of amides is 1. The molecule has 3 N–H and O–H groups in total. The van der Waals surface area contributed by atoms with E-state index < -0.39 is 27.6 Å². The summed E-state index contributed by atoms with van der Waals surface area (Å²) in [5.41, 5.74) is 6.16. The minimum absolute atomic E-state index is 0.197. The molecule has 0 spiro atoms. The molecule has 3 atom stereocenters. The zero-order chi connectivity index (χ0) is 23.1. The van der Waals surface area contributed by atoms with E-state index in [-0.39, 0.29) is 18.2 Å². The van der Waals surface area contributed by atoms with E-state index in [1.165, 1.54) is 23.5 Å². The number of nitrogens with one attached hydrogen (secondary N) is 1. The molecule has 1 saturated heterocycles. The van der Waals surface area contributed by atoms with Crippen molar-refractivity contribution in [2.45, 2.75) is 101 Å². The van der Waals surface area contributed by atoms with Crippen LogP contribution in [0.4, 0.5) is 0 Å². The lowest BCUT2D eigenvalue weighted by Crippen LogP contribution is -2.66. The molecule has 2 rings (SSSR count). The third-order valence-corrected chi connectivity index (χ3v) is 8.34. The minimum atomic E-state index is -1.86. The van der Waals surface area contributed by atoms with Gasteiger partial charge in [0.25, 0.3) is 5.91 Å². The van der Waals surface area contributed by atoms with Crippen LogP contribution in [0.5, 0.6) is 0 Å². The number of hydrogen-bond acceptors (Lipinski definition) is 9. The Balaban J connectivity index is 1.95. The summed E-state index contributed by atoms with van der Waals surface area (Å²) in [5.74, 6) is -0.0644. The number of carbonyl (C=O) groups excluding carboxylic acids is 3. The summed E-state index contributed by atoms with van der Waals surface area (Å²) in [6, 6.07) is 0. The van der Waals surface area contributed by atoms with E-state index in [1.807, 2.05) is 6.92 Å². The number of hydroxylamine groups is 1. The van der Waals surface area contributed by atoms with Crippen molar-refractivity contribution in [2.75, 3.05) is 11.5 Å². The van der Waals surface area contributed by atoms with Gasteiger partial charge in [-0.05, 0) is 46.5 Å². The van der Waals surface area contributed by atoms with Crippen molar-refractivity contribution in [2.24, 2.45) is 5.73 Å². The molecule has 0 aromatic rings. The van der Waals surface area contributed by atoms with Crippen molar-refractivity contribution < 1.29 is 28.7 Å². The normalized spacial score (nSPS) is 24.3. The van der Waals surface area contributed by atoms with Crippen molar-refractivity contribution in [3.63, 3.8) is 0 Å². The van der Waals surface area contributed by atoms with Crippen molar-refractivity contribution in [1.29, 1.82) is 0 Å². The van der Waals surface area contributed by atoms with E-state index in [2.05, 4.69) is 5.48 Å². The smallest absolute Gasteiger partial charge is 0.338 e. The Labute approximate surface area is 193 Å². The fraction of sp³-hybridized carbons (Fsp3) is 0.857. The second-order valence-electron chi connectivity index (χ2n) is 9.00. The van der Waals surface area contributed by atoms with Gasteiger partial charge in [-0.25, -0.2) is 10.3 Å². The second-order valence-corrected chi connectivity index (χ2v) is 11.7. The van der Waals surface area contributed by atoms with Gasteiger partial charge in [0.2, 0.25) is 5.54 Å². The highest BCUT2D eigenvalue weighted by Gasteiger charge is 2.53. The van der Waals surface area contributed by atoms with Crippen LogP contribution in [0.2, 0.25) is 0 Å². The van der Waals surface area contributed by atoms with E-state index in [0.29, 0.717) is 12.8 Å². The van der Waals surface area contributed by atoms with Crippen LogP contribution in [0.15, 0.2) is 0 Å². The molecular weight excluding hydrogens is 440 g/mol. The number of nitrogens with two attached hydrogens (primary N) is 1. The van der Waals surface area contributed by atoms with Gasteiger partial charge in [0.1, 0.15) is 11.7 Å². The summed E-state index contributed by atoms with van der Waals surface area (Å²) < 4.78 is 10.5. The first-order chi connectivity index (χ1) is 14.6. The minimum Gasteiger partial charge on any atom is -0.462 e. The highest BCUT2D eigenvalue weighted by atomic mass is 32.2. The molecule has 0 unspecified atom stereocenters. The maximum Gasteiger partial charge on any atom is 0.338 e. The number of ether oxygens (including phenoxy) is 2. The molecule has 178 valence electrons. The van der Waals surface area contributed by atoms with Crippen LogP contribution >= 0.6 is 23.5 Å². The van der Waals surface area contributed by atoms with Gasteiger partial charge in [-0.1, -0.05) is 13.3 Å². The second kappa shape index (κ2) is 11.8. The van der Waals surface area contributed by atoms with Crippen LogP contribution < -0.4 is 11.2 Å². The molecule has 1 aliphatic heterocycles. The molecule has 8 nitrogen and oxygen atoms in total. The standard InChI is InChI=1S/C21H36N2O6S2/c1-5-6-10-16(24)27-14-8-7-9-15(13-14)29-23-17(25)21(22,19-30-11-12-31-19)18(26)28-20(2,3)4/h14-15,19H,5-13,22H2,1-4H3,(H,23,25)/t14-,15-,21+/m0/s1. The lowest BCUT2D eigenvalue weighted by molar-refractivity contribution is -0.170. The van der Waals surface area contributed by atoms with Crippen LogP contribution in [0.25, 0.3) is 0 Å². The van der Waals surface area contributed by atoms with Gasteiger partial charge in [-0.2, -0.15) is 0 Å². The molecule has 10 heteroatoms. The van der Waals surface area contributed by atoms with E-state index in [1.54, 1.807) is 20.8 Å². The molecule has 1 aliphatic carbocycles. The molecular formula is C21H36N2O6S2.